The minimum atomic E-state index is -0.741. The second-order valence-corrected chi connectivity index (χ2v) is 5.89. The molecule has 0 atom stereocenters. The Balaban J connectivity index is 2.53. The number of hydrogen-bond acceptors (Lipinski definition) is 6. The van der Waals surface area contributed by atoms with Crippen LogP contribution < -0.4 is 10.9 Å². The van der Waals surface area contributed by atoms with E-state index in [-0.39, 0.29) is 38.2 Å². The highest BCUT2D eigenvalue weighted by Crippen LogP contribution is 2.31. The highest BCUT2D eigenvalue weighted by Gasteiger charge is 2.20. The van der Waals surface area contributed by atoms with E-state index >= 15 is 0 Å². The van der Waals surface area contributed by atoms with Gasteiger partial charge in [-0.05, 0) is 12.5 Å². The lowest BCUT2D eigenvalue weighted by molar-refractivity contribution is 0.0586. The highest BCUT2D eigenvalue weighted by molar-refractivity contribution is 6.40. The largest absolute Gasteiger partial charge is 0.464 e. The highest BCUT2D eigenvalue weighted by atomic mass is 35.5. The van der Waals surface area contributed by atoms with Crippen molar-refractivity contribution in [3.8, 4) is 0 Å². The van der Waals surface area contributed by atoms with Crippen LogP contribution in [0.5, 0.6) is 0 Å². The molecular weight excluding hydrogens is 364 g/mol. The average Bonchev–Trinajstić information content (AvgIpc) is 2.63. The fourth-order valence-electron chi connectivity index (χ4n) is 2.88. The molecule has 2 aromatic heterocycles. The van der Waals surface area contributed by atoms with E-state index in [0.717, 1.165) is 12.1 Å². The molecule has 134 valence electrons. The lowest BCUT2D eigenvalue weighted by Crippen LogP contribution is -2.16. The number of methoxy groups -OCH3 is 2. The van der Waals surface area contributed by atoms with Crippen molar-refractivity contribution in [2.75, 3.05) is 14.2 Å². The summed E-state index contributed by atoms with van der Waals surface area (Å²) in [5.74, 6) is -1.48. The van der Waals surface area contributed by atoms with Crippen molar-refractivity contribution >= 4 is 45.3 Å². The lowest BCUT2D eigenvalue weighted by atomic mass is 10.0. The lowest BCUT2D eigenvalue weighted by Gasteiger charge is -2.12. The molecule has 0 amide bonds. The molecule has 0 spiro atoms. The van der Waals surface area contributed by atoms with E-state index in [1.54, 1.807) is 6.92 Å². The number of ether oxygens (including phenoxy) is 2. The van der Waals surface area contributed by atoms with Gasteiger partial charge < -0.3 is 19.4 Å². The van der Waals surface area contributed by atoms with Crippen LogP contribution in [-0.2, 0) is 9.47 Å². The number of carbonyl (C=O) groups excluding carboxylic acids is 2. The van der Waals surface area contributed by atoms with Gasteiger partial charge in [-0.2, -0.15) is 0 Å². The number of pyridine rings is 2. The fourth-order valence-corrected chi connectivity index (χ4v) is 3.17. The SMILES string of the molecule is COC(=O)c1cc(=O)c2c(C)c3c(=O)cc(C(=O)OC)[nH]c3c(Cl)c2[nH]1. The number of fused-ring (bicyclic) bond motifs is 2. The van der Waals surface area contributed by atoms with Gasteiger partial charge in [0.05, 0.1) is 41.0 Å². The first-order valence-electron chi connectivity index (χ1n) is 7.38. The number of aromatic nitrogens is 2. The molecule has 9 heteroatoms. The van der Waals surface area contributed by atoms with Crippen molar-refractivity contribution in [1.29, 1.82) is 0 Å². The molecule has 3 rings (SSSR count). The number of aromatic amines is 2. The van der Waals surface area contributed by atoms with Crippen LogP contribution in [-0.4, -0.2) is 36.1 Å². The van der Waals surface area contributed by atoms with Gasteiger partial charge >= 0.3 is 11.9 Å². The number of H-pyrrole nitrogens is 2. The summed E-state index contributed by atoms with van der Waals surface area (Å²) in [7, 11) is 2.36. The first-order valence-corrected chi connectivity index (χ1v) is 7.76. The van der Waals surface area contributed by atoms with Gasteiger partial charge in [0.15, 0.2) is 10.9 Å². The van der Waals surface area contributed by atoms with Crippen LogP contribution in [0.3, 0.4) is 0 Å². The van der Waals surface area contributed by atoms with E-state index in [9.17, 15) is 19.2 Å². The van der Waals surface area contributed by atoms with E-state index in [4.69, 9.17) is 11.6 Å². The van der Waals surface area contributed by atoms with E-state index in [1.165, 1.54) is 14.2 Å². The van der Waals surface area contributed by atoms with Crippen molar-refractivity contribution in [1.82, 2.24) is 9.97 Å². The smallest absolute Gasteiger partial charge is 0.354 e. The van der Waals surface area contributed by atoms with Gasteiger partial charge in [0, 0.05) is 12.1 Å². The van der Waals surface area contributed by atoms with Crippen LogP contribution in [0.15, 0.2) is 21.7 Å². The van der Waals surface area contributed by atoms with Gasteiger partial charge in [-0.1, -0.05) is 11.6 Å². The normalized spacial score (nSPS) is 10.9. The third-order valence-corrected chi connectivity index (χ3v) is 4.44. The number of nitrogens with one attached hydrogen (secondary N) is 2. The molecule has 0 unspecified atom stereocenters. The molecule has 0 radical (unpaired) electrons. The van der Waals surface area contributed by atoms with Gasteiger partial charge in [0.2, 0.25) is 0 Å². The van der Waals surface area contributed by atoms with Crippen LogP contribution in [0.2, 0.25) is 5.02 Å². The number of halogens is 1. The summed E-state index contributed by atoms with van der Waals surface area (Å²) in [5.41, 5.74) is -0.470. The second kappa shape index (κ2) is 6.30. The van der Waals surface area contributed by atoms with E-state index in [2.05, 4.69) is 19.4 Å². The molecule has 26 heavy (non-hydrogen) atoms. The maximum Gasteiger partial charge on any atom is 0.354 e. The molecule has 0 fully saturated rings. The molecule has 1 aromatic carbocycles. The van der Waals surface area contributed by atoms with Crippen molar-refractivity contribution in [2.24, 2.45) is 0 Å². The summed E-state index contributed by atoms with van der Waals surface area (Å²) in [6.07, 6.45) is 0. The number of esters is 2. The molecule has 2 heterocycles. The summed E-state index contributed by atoms with van der Waals surface area (Å²) in [6.45, 7) is 1.58. The van der Waals surface area contributed by atoms with E-state index < -0.39 is 22.8 Å². The Labute approximate surface area is 150 Å². The topological polar surface area (TPSA) is 118 Å². The maximum atomic E-state index is 12.5. The van der Waals surface area contributed by atoms with Crippen molar-refractivity contribution in [2.45, 2.75) is 6.92 Å². The third-order valence-electron chi connectivity index (χ3n) is 4.06. The number of carbonyl (C=O) groups is 2. The molecule has 0 aliphatic carbocycles. The number of rotatable bonds is 2. The monoisotopic (exact) mass is 376 g/mol. The Kier molecular flexibility index (Phi) is 4.29. The Morgan fingerprint density at radius 3 is 1.62 bits per heavy atom. The van der Waals surface area contributed by atoms with Crippen LogP contribution in [0.4, 0.5) is 0 Å². The van der Waals surface area contributed by atoms with Crippen LogP contribution in [0, 0.1) is 6.92 Å². The second-order valence-electron chi connectivity index (χ2n) is 5.52. The zero-order chi connectivity index (χ0) is 19.2. The summed E-state index contributed by atoms with van der Waals surface area (Å²) >= 11 is 6.39. The van der Waals surface area contributed by atoms with Gasteiger partial charge in [0.1, 0.15) is 11.4 Å². The number of hydrogen-bond donors (Lipinski definition) is 2. The minimum absolute atomic E-state index is 0.00805. The first-order chi connectivity index (χ1) is 12.3. The molecule has 0 aliphatic heterocycles. The van der Waals surface area contributed by atoms with E-state index in [0.29, 0.717) is 5.56 Å². The number of aryl methyl sites for hydroxylation is 1. The summed E-state index contributed by atoms with van der Waals surface area (Å²) in [5, 5.41) is 0.337. The van der Waals surface area contributed by atoms with Gasteiger partial charge in [-0.25, -0.2) is 9.59 Å². The molecule has 2 N–H and O–H groups in total. The Morgan fingerprint density at radius 1 is 0.885 bits per heavy atom. The molecule has 0 bridgehead atoms. The van der Waals surface area contributed by atoms with Crippen molar-refractivity contribution in [3.05, 3.63) is 54.6 Å². The third kappa shape index (κ3) is 2.55. The quantitative estimate of drug-likeness (QED) is 0.521. The molecule has 0 saturated heterocycles. The Bertz CT molecular complexity index is 1120. The van der Waals surface area contributed by atoms with Gasteiger partial charge in [-0.3, -0.25) is 9.59 Å². The van der Waals surface area contributed by atoms with Crippen LogP contribution >= 0.6 is 11.6 Å². The predicted octanol–water partition coefficient (Wildman–Crippen LogP) is 1.90. The molecule has 0 saturated carbocycles. The minimum Gasteiger partial charge on any atom is -0.464 e. The zero-order valence-electron chi connectivity index (χ0n) is 14.0. The van der Waals surface area contributed by atoms with E-state index in [1.807, 2.05) is 0 Å². The fraction of sp³-hybridized carbons (Fsp3) is 0.176. The van der Waals surface area contributed by atoms with Crippen LogP contribution in [0.25, 0.3) is 21.8 Å². The van der Waals surface area contributed by atoms with Gasteiger partial charge in [0.25, 0.3) is 0 Å². The summed E-state index contributed by atoms with van der Waals surface area (Å²) in [4.78, 5) is 54.0. The molecule has 0 aliphatic rings. The Morgan fingerprint density at radius 2 is 1.27 bits per heavy atom. The predicted molar refractivity (Wildman–Crippen MR) is 95.1 cm³/mol. The average molecular weight is 377 g/mol. The molecular formula is C17H13ClN2O6. The van der Waals surface area contributed by atoms with Crippen molar-refractivity contribution < 1.29 is 19.1 Å². The summed E-state index contributed by atoms with van der Waals surface area (Å²) < 4.78 is 9.22. The molecule has 3 aromatic rings. The Hall–Kier alpha value is -3.13. The van der Waals surface area contributed by atoms with Crippen molar-refractivity contribution in [3.63, 3.8) is 0 Å². The van der Waals surface area contributed by atoms with Crippen LogP contribution in [0.1, 0.15) is 26.5 Å². The molecule has 8 nitrogen and oxygen atoms in total. The maximum absolute atomic E-state index is 12.5. The standard InChI is InChI=1S/C17H13ClN2O6/c1-6-11-9(21)4-7(16(23)25-2)19-14(11)13(18)15-12(6)10(22)5-8(20-15)17(24)26-3/h4-5H,1-3H3,(H,19,21)(H,20,22). The first kappa shape index (κ1) is 17.7. The number of benzene rings is 1. The summed E-state index contributed by atoms with van der Waals surface area (Å²) in [6, 6.07) is 2.17. The van der Waals surface area contributed by atoms with Gasteiger partial charge in [-0.15, -0.1) is 0 Å². The zero-order valence-corrected chi connectivity index (χ0v) is 14.7.